The lowest BCUT2D eigenvalue weighted by Gasteiger charge is -2.02. The Hall–Kier alpha value is -2.02. The Morgan fingerprint density at radius 1 is 1.58 bits per heavy atom. The minimum Gasteiger partial charge on any atom is -0.258 e. The maximum atomic E-state index is 13.7. The Morgan fingerprint density at radius 2 is 2.32 bits per heavy atom. The van der Waals surface area contributed by atoms with Crippen molar-refractivity contribution < 1.29 is 9.31 Å². The summed E-state index contributed by atoms with van der Waals surface area (Å²) in [5.41, 5.74) is 0.245. The fourth-order valence-corrected chi connectivity index (χ4v) is 1.64. The van der Waals surface area contributed by atoms with Crippen molar-refractivity contribution in [3.05, 3.63) is 46.0 Å². The lowest BCUT2D eigenvalue weighted by molar-refractivity contribution is -0.384. The van der Waals surface area contributed by atoms with Crippen LogP contribution in [0.4, 0.5) is 10.1 Å². The number of halogens is 2. The number of benzene rings is 1. The van der Waals surface area contributed by atoms with E-state index < -0.39 is 10.7 Å². The van der Waals surface area contributed by atoms with E-state index in [-0.39, 0.29) is 16.8 Å². The number of rotatable bonds is 4. The zero-order valence-corrected chi connectivity index (χ0v) is 10.7. The summed E-state index contributed by atoms with van der Waals surface area (Å²) < 4.78 is 14.8. The molecule has 0 aliphatic carbocycles. The average Bonchev–Trinajstić information content (AvgIpc) is 2.87. The monoisotopic (exact) mass is 284 g/mol. The molecule has 0 radical (unpaired) electrons. The quantitative estimate of drug-likeness (QED) is 0.491. The predicted octanol–water partition coefficient (Wildman–Crippen LogP) is 3.00. The summed E-state index contributed by atoms with van der Waals surface area (Å²) in [6.45, 7) is 1.88. The Morgan fingerprint density at radius 3 is 2.95 bits per heavy atom. The van der Waals surface area contributed by atoms with Crippen LogP contribution < -0.4 is 0 Å². The van der Waals surface area contributed by atoms with Crippen LogP contribution in [0.3, 0.4) is 0 Å². The topological polar surface area (TPSA) is 73.8 Å². The van der Waals surface area contributed by atoms with Gasteiger partial charge in [-0.2, -0.15) is 0 Å². The molecule has 0 aliphatic heterocycles. The molecule has 0 saturated heterocycles. The van der Waals surface area contributed by atoms with Crippen molar-refractivity contribution in [1.82, 2.24) is 15.0 Å². The van der Waals surface area contributed by atoms with Crippen LogP contribution in [0.5, 0.6) is 0 Å². The molecule has 0 aliphatic rings. The highest BCUT2D eigenvalue weighted by Crippen LogP contribution is 2.24. The lowest BCUT2D eigenvalue weighted by Crippen LogP contribution is -2.00. The first-order valence-electron chi connectivity index (χ1n) is 5.53. The summed E-state index contributed by atoms with van der Waals surface area (Å²) in [6, 6.07) is 3.21. The van der Waals surface area contributed by atoms with Crippen LogP contribution in [0.2, 0.25) is 0 Å². The van der Waals surface area contributed by atoms with Gasteiger partial charge < -0.3 is 0 Å². The van der Waals surface area contributed by atoms with Crippen molar-refractivity contribution in [1.29, 1.82) is 0 Å². The Labute approximate surface area is 113 Å². The summed E-state index contributed by atoms with van der Waals surface area (Å²) in [5, 5.41) is 17.9. The highest BCUT2D eigenvalue weighted by atomic mass is 35.5. The third-order valence-electron chi connectivity index (χ3n) is 2.58. The second-order valence-corrected chi connectivity index (χ2v) is 4.38. The second kappa shape index (κ2) is 5.31. The van der Waals surface area contributed by atoms with E-state index in [1.165, 1.54) is 6.20 Å². The number of aromatic nitrogens is 3. The van der Waals surface area contributed by atoms with Gasteiger partial charge in [0, 0.05) is 12.1 Å². The summed E-state index contributed by atoms with van der Waals surface area (Å²) in [4.78, 5) is 10.1. The van der Waals surface area contributed by atoms with Crippen molar-refractivity contribution in [2.75, 3.05) is 0 Å². The summed E-state index contributed by atoms with van der Waals surface area (Å²) in [7, 11) is 0. The molecule has 100 valence electrons. The molecule has 6 nitrogen and oxygen atoms in total. The molecular formula is C11H10ClFN4O2. The SMILES string of the molecule is CCC(Cl)c1cn(-c2cc([N+](=O)[O-])ccc2F)nn1. The van der Waals surface area contributed by atoms with Crippen LogP contribution in [0.1, 0.15) is 24.4 Å². The number of nitrogens with zero attached hydrogens (tertiary/aromatic N) is 4. The molecule has 0 bridgehead atoms. The largest absolute Gasteiger partial charge is 0.271 e. The van der Waals surface area contributed by atoms with Crippen LogP contribution in [-0.4, -0.2) is 19.9 Å². The molecule has 2 rings (SSSR count). The van der Waals surface area contributed by atoms with E-state index in [1.54, 1.807) is 0 Å². The molecule has 0 N–H and O–H groups in total. The number of alkyl halides is 1. The van der Waals surface area contributed by atoms with Gasteiger partial charge in [0.05, 0.1) is 16.5 Å². The molecule has 1 aromatic heterocycles. The maximum absolute atomic E-state index is 13.7. The molecule has 19 heavy (non-hydrogen) atoms. The molecular weight excluding hydrogens is 275 g/mol. The van der Waals surface area contributed by atoms with E-state index in [0.29, 0.717) is 12.1 Å². The van der Waals surface area contributed by atoms with Crippen molar-refractivity contribution in [3.8, 4) is 5.69 Å². The predicted molar refractivity (Wildman–Crippen MR) is 66.9 cm³/mol. The average molecular weight is 285 g/mol. The second-order valence-electron chi connectivity index (χ2n) is 3.86. The van der Waals surface area contributed by atoms with Gasteiger partial charge in [-0.3, -0.25) is 10.1 Å². The molecule has 1 aromatic carbocycles. The van der Waals surface area contributed by atoms with Gasteiger partial charge in [-0.05, 0) is 12.5 Å². The van der Waals surface area contributed by atoms with Gasteiger partial charge in [-0.15, -0.1) is 16.7 Å². The Bertz CT molecular complexity index is 616. The van der Waals surface area contributed by atoms with Gasteiger partial charge in [0.1, 0.15) is 17.2 Å². The van der Waals surface area contributed by atoms with Crippen LogP contribution in [0.25, 0.3) is 5.69 Å². The Balaban J connectivity index is 2.43. The minimum absolute atomic E-state index is 0.0343. The number of nitro groups is 1. The standard InChI is InChI=1S/C11H10ClFN4O2/c1-2-8(12)10-6-16(15-14-10)11-5-7(17(18)19)3-4-9(11)13/h3-6,8H,2H2,1H3. The molecule has 1 heterocycles. The van der Waals surface area contributed by atoms with Gasteiger partial charge in [0.25, 0.3) is 5.69 Å². The molecule has 1 unspecified atom stereocenters. The molecule has 0 amide bonds. The van der Waals surface area contributed by atoms with E-state index in [9.17, 15) is 14.5 Å². The van der Waals surface area contributed by atoms with Gasteiger partial charge in [0.2, 0.25) is 0 Å². The van der Waals surface area contributed by atoms with Crippen molar-refractivity contribution in [2.24, 2.45) is 0 Å². The number of nitro benzene ring substituents is 1. The number of hydrogen-bond acceptors (Lipinski definition) is 4. The molecule has 0 fully saturated rings. The highest BCUT2D eigenvalue weighted by molar-refractivity contribution is 6.20. The van der Waals surface area contributed by atoms with Crippen molar-refractivity contribution in [3.63, 3.8) is 0 Å². The first-order chi connectivity index (χ1) is 9.02. The molecule has 2 aromatic rings. The smallest absolute Gasteiger partial charge is 0.258 e. The first kappa shape index (κ1) is 13.4. The van der Waals surface area contributed by atoms with Gasteiger partial charge in [-0.1, -0.05) is 12.1 Å². The summed E-state index contributed by atoms with van der Waals surface area (Å²) >= 11 is 6.00. The van der Waals surface area contributed by atoms with Crippen LogP contribution >= 0.6 is 11.6 Å². The minimum atomic E-state index is -0.621. The normalized spacial score (nSPS) is 12.4. The summed E-state index contributed by atoms with van der Waals surface area (Å²) in [6.07, 6.45) is 2.11. The van der Waals surface area contributed by atoms with Crippen LogP contribution in [0.15, 0.2) is 24.4 Å². The van der Waals surface area contributed by atoms with Gasteiger partial charge in [0.15, 0.2) is 0 Å². The van der Waals surface area contributed by atoms with E-state index in [0.717, 1.165) is 22.9 Å². The fraction of sp³-hybridized carbons (Fsp3) is 0.273. The molecule has 0 spiro atoms. The third-order valence-corrected chi connectivity index (χ3v) is 3.11. The van der Waals surface area contributed by atoms with Crippen molar-refractivity contribution in [2.45, 2.75) is 18.7 Å². The zero-order chi connectivity index (χ0) is 14.0. The van der Waals surface area contributed by atoms with E-state index >= 15 is 0 Å². The lowest BCUT2D eigenvalue weighted by atomic mass is 10.2. The summed E-state index contributed by atoms with van der Waals surface area (Å²) in [5.74, 6) is -0.621. The van der Waals surface area contributed by atoms with E-state index in [1.807, 2.05) is 6.92 Å². The van der Waals surface area contributed by atoms with Crippen molar-refractivity contribution >= 4 is 17.3 Å². The van der Waals surface area contributed by atoms with E-state index in [2.05, 4.69) is 10.3 Å². The fourth-order valence-electron chi connectivity index (χ4n) is 1.54. The van der Waals surface area contributed by atoms with Crippen LogP contribution in [-0.2, 0) is 0 Å². The molecule has 1 atom stereocenters. The Kier molecular flexibility index (Phi) is 3.75. The number of hydrogen-bond donors (Lipinski definition) is 0. The van der Waals surface area contributed by atoms with Gasteiger partial charge >= 0.3 is 0 Å². The first-order valence-corrected chi connectivity index (χ1v) is 5.97. The number of non-ortho nitro benzene ring substituents is 1. The zero-order valence-electron chi connectivity index (χ0n) is 9.96. The maximum Gasteiger partial charge on any atom is 0.271 e. The third kappa shape index (κ3) is 2.70. The highest BCUT2D eigenvalue weighted by Gasteiger charge is 2.16. The van der Waals surface area contributed by atoms with Gasteiger partial charge in [-0.25, -0.2) is 9.07 Å². The molecule has 0 saturated carbocycles. The van der Waals surface area contributed by atoms with Crippen LogP contribution in [0, 0.1) is 15.9 Å². The molecule has 8 heteroatoms. The van der Waals surface area contributed by atoms with E-state index in [4.69, 9.17) is 11.6 Å².